The second-order valence-corrected chi connectivity index (χ2v) is 7.98. The van der Waals surface area contributed by atoms with Crippen LogP contribution in [0.1, 0.15) is 24.1 Å². The second-order valence-electron chi connectivity index (χ2n) is 7.03. The number of thioether (sulfide) groups is 1. The van der Waals surface area contributed by atoms with Gasteiger partial charge in [-0.2, -0.15) is 5.10 Å². The number of benzene rings is 1. The van der Waals surface area contributed by atoms with Gasteiger partial charge in [-0.3, -0.25) is 4.79 Å². The molecule has 1 fully saturated rings. The van der Waals surface area contributed by atoms with Crippen LogP contribution < -0.4 is 5.32 Å². The van der Waals surface area contributed by atoms with Gasteiger partial charge >= 0.3 is 0 Å². The van der Waals surface area contributed by atoms with Crippen molar-refractivity contribution in [1.29, 1.82) is 0 Å². The van der Waals surface area contributed by atoms with Gasteiger partial charge in [0.1, 0.15) is 5.82 Å². The van der Waals surface area contributed by atoms with Gasteiger partial charge in [0.2, 0.25) is 11.1 Å². The lowest BCUT2D eigenvalue weighted by Crippen LogP contribution is -2.19. The maximum absolute atomic E-state index is 12.5. The molecule has 1 aromatic carbocycles. The lowest BCUT2D eigenvalue weighted by molar-refractivity contribution is -0.113. The molecule has 29 heavy (non-hydrogen) atoms. The fourth-order valence-electron chi connectivity index (χ4n) is 3.18. The Hall–Kier alpha value is -2.72. The van der Waals surface area contributed by atoms with E-state index in [1.807, 2.05) is 44.2 Å². The van der Waals surface area contributed by atoms with E-state index in [0.717, 1.165) is 30.8 Å². The highest BCUT2D eigenvalue weighted by atomic mass is 32.2. The van der Waals surface area contributed by atoms with E-state index < -0.39 is 0 Å². The summed E-state index contributed by atoms with van der Waals surface area (Å²) in [5.41, 5.74) is 2.89. The summed E-state index contributed by atoms with van der Waals surface area (Å²) in [6, 6.07) is 9.84. The van der Waals surface area contributed by atoms with Crippen molar-refractivity contribution in [2.45, 2.75) is 44.5 Å². The van der Waals surface area contributed by atoms with Gasteiger partial charge in [0, 0.05) is 12.7 Å². The molecule has 152 valence electrons. The van der Waals surface area contributed by atoms with Gasteiger partial charge in [-0.15, -0.1) is 5.10 Å². The smallest absolute Gasteiger partial charge is 0.236 e. The van der Waals surface area contributed by atoms with E-state index in [2.05, 4.69) is 25.9 Å². The Bertz CT molecular complexity index is 977. The lowest BCUT2D eigenvalue weighted by atomic mass is 10.2. The SMILES string of the molecule is Cc1ccc(-n2nc(C)cc2NC(=O)CSc2nnnn2C[C@H]2CCCO2)cc1. The number of ether oxygens (including phenoxy) is 1. The van der Waals surface area contributed by atoms with Gasteiger partial charge in [0.15, 0.2) is 0 Å². The fourth-order valence-corrected chi connectivity index (χ4v) is 3.86. The summed E-state index contributed by atoms with van der Waals surface area (Å²) in [4.78, 5) is 12.5. The van der Waals surface area contributed by atoms with Gasteiger partial charge < -0.3 is 10.1 Å². The lowest BCUT2D eigenvalue weighted by Gasteiger charge is -2.10. The summed E-state index contributed by atoms with van der Waals surface area (Å²) >= 11 is 1.30. The Labute approximate surface area is 172 Å². The normalized spacial score (nSPS) is 16.3. The Morgan fingerprint density at radius 3 is 2.90 bits per heavy atom. The highest BCUT2D eigenvalue weighted by Gasteiger charge is 2.19. The fraction of sp³-hybridized carbons (Fsp3) is 0.421. The third-order valence-electron chi connectivity index (χ3n) is 4.61. The molecule has 3 aromatic rings. The van der Waals surface area contributed by atoms with Crippen molar-refractivity contribution in [2.24, 2.45) is 0 Å². The van der Waals surface area contributed by atoms with Crippen LogP contribution in [0.15, 0.2) is 35.5 Å². The molecular formula is C19H23N7O2S. The predicted molar refractivity (Wildman–Crippen MR) is 109 cm³/mol. The van der Waals surface area contributed by atoms with E-state index in [0.29, 0.717) is 17.5 Å². The van der Waals surface area contributed by atoms with Crippen LogP contribution in [0.3, 0.4) is 0 Å². The van der Waals surface area contributed by atoms with E-state index in [1.54, 1.807) is 9.36 Å². The second kappa shape index (κ2) is 8.75. The zero-order chi connectivity index (χ0) is 20.2. The first-order chi connectivity index (χ1) is 14.1. The maximum Gasteiger partial charge on any atom is 0.236 e. The number of aryl methyl sites for hydroxylation is 2. The Balaban J connectivity index is 1.38. The van der Waals surface area contributed by atoms with E-state index in [9.17, 15) is 4.79 Å². The molecule has 1 aliphatic rings. The van der Waals surface area contributed by atoms with E-state index in [-0.39, 0.29) is 17.8 Å². The number of rotatable bonds is 7. The van der Waals surface area contributed by atoms with Crippen LogP contribution in [0.5, 0.6) is 0 Å². The minimum atomic E-state index is -0.144. The molecule has 4 rings (SSSR count). The first-order valence-electron chi connectivity index (χ1n) is 9.52. The quantitative estimate of drug-likeness (QED) is 0.594. The zero-order valence-corrected chi connectivity index (χ0v) is 17.2. The molecule has 1 saturated heterocycles. The number of hydrogen-bond acceptors (Lipinski definition) is 7. The summed E-state index contributed by atoms with van der Waals surface area (Å²) in [5.74, 6) is 0.690. The molecule has 0 spiro atoms. The molecule has 10 heteroatoms. The average molecular weight is 414 g/mol. The molecule has 1 N–H and O–H groups in total. The van der Waals surface area contributed by atoms with Crippen molar-refractivity contribution in [2.75, 3.05) is 17.7 Å². The third-order valence-corrected chi connectivity index (χ3v) is 5.57. The van der Waals surface area contributed by atoms with Crippen molar-refractivity contribution < 1.29 is 9.53 Å². The van der Waals surface area contributed by atoms with Crippen LogP contribution in [0.4, 0.5) is 5.82 Å². The Kier molecular flexibility index (Phi) is 5.91. The number of anilines is 1. The summed E-state index contributed by atoms with van der Waals surface area (Å²) in [7, 11) is 0. The third kappa shape index (κ3) is 4.83. The molecule has 1 atom stereocenters. The van der Waals surface area contributed by atoms with Crippen molar-refractivity contribution >= 4 is 23.5 Å². The van der Waals surface area contributed by atoms with Gasteiger partial charge in [-0.05, 0) is 49.2 Å². The summed E-state index contributed by atoms with van der Waals surface area (Å²) in [6.07, 6.45) is 2.21. The number of tetrazole rings is 1. The first kappa shape index (κ1) is 19.6. The van der Waals surface area contributed by atoms with Crippen LogP contribution in [0.2, 0.25) is 0 Å². The van der Waals surface area contributed by atoms with Crippen molar-refractivity contribution in [1.82, 2.24) is 30.0 Å². The highest BCUT2D eigenvalue weighted by molar-refractivity contribution is 7.99. The van der Waals surface area contributed by atoms with E-state index in [4.69, 9.17) is 4.74 Å². The number of carbonyl (C=O) groups excluding carboxylic acids is 1. The largest absolute Gasteiger partial charge is 0.376 e. The topological polar surface area (TPSA) is 99.8 Å². The van der Waals surface area contributed by atoms with Crippen molar-refractivity contribution in [3.8, 4) is 5.69 Å². The molecule has 0 saturated carbocycles. The first-order valence-corrected chi connectivity index (χ1v) is 10.5. The summed E-state index contributed by atoms with van der Waals surface area (Å²) < 4.78 is 9.07. The summed E-state index contributed by atoms with van der Waals surface area (Å²) in [6.45, 7) is 5.32. The predicted octanol–water partition coefficient (Wildman–Crippen LogP) is 2.39. The number of nitrogens with one attached hydrogen (secondary N) is 1. The van der Waals surface area contributed by atoms with Gasteiger partial charge in [-0.25, -0.2) is 9.36 Å². The molecule has 3 heterocycles. The minimum absolute atomic E-state index is 0.138. The summed E-state index contributed by atoms with van der Waals surface area (Å²) in [5, 5.41) is 19.8. The number of nitrogens with zero attached hydrogens (tertiary/aromatic N) is 6. The maximum atomic E-state index is 12.5. The van der Waals surface area contributed by atoms with Gasteiger partial charge in [0.05, 0.1) is 29.8 Å². The molecular weight excluding hydrogens is 390 g/mol. The monoisotopic (exact) mass is 413 g/mol. The molecule has 0 bridgehead atoms. The molecule has 0 radical (unpaired) electrons. The molecule has 2 aromatic heterocycles. The van der Waals surface area contributed by atoms with Gasteiger partial charge in [-0.1, -0.05) is 29.5 Å². The van der Waals surface area contributed by atoms with E-state index >= 15 is 0 Å². The van der Waals surface area contributed by atoms with Crippen LogP contribution in [-0.2, 0) is 16.1 Å². The highest BCUT2D eigenvalue weighted by Crippen LogP contribution is 2.20. The molecule has 0 aliphatic carbocycles. The number of carbonyl (C=O) groups is 1. The Morgan fingerprint density at radius 1 is 1.31 bits per heavy atom. The number of amides is 1. The van der Waals surface area contributed by atoms with Crippen molar-refractivity contribution in [3.63, 3.8) is 0 Å². The molecule has 1 aliphatic heterocycles. The minimum Gasteiger partial charge on any atom is -0.376 e. The number of hydrogen-bond donors (Lipinski definition) is 1. The van der Waals surface area contributed by atoms with Gasteiger partial charge in [0.25, 0.3) is 0 Å². The van der Waals surface area contributed by atoms with E-state index in [1.165, 1.54) is 17.3 Å². The molecule has 0 unspecified atom stereocenters. The van der Waals surface area contributed by atoms with Crippen LogP contribution in [-0.4, -0.2) is 54.4 Å². The average Bonchev–Trinajstić information content (AvgIpc) is 3.44. The number of aromatic nitrogens is 6. The van der Waals surface area contributed by atoms with Crippen molar-refractivity contribution in [3.05, 3.63) is 41.6 Å². The Morgan fingerprint density at radius 2 is 2.14 bits per heavy atom. The van der Waals surface area contributed by atoms with Crippen LogP contribution in [0.25, 0.3) is 5.69 Å². The zero-order valence-electron chi connectivity index (χ0n) is 16.4. The standard InChI is InChI=1S/C19H23N7O2S/c1-13-5-7-15(8-6-13)26-17(10-14(2)22-26)20-18(27)12-29-19-21-23-24-25(19)11-16-4-3-9-28-16/h5-8,10,16H,3-4,9,11-12H2,1-2H3,(H,20,27)/t16-/m1/s1. The molecule has 1 amide bonds. The molecule has 9 nitrogen and oxygen atoms in total. The van der Waals surface area contributed by atoms with Crippen LogP contribution >= 0.6 is 11.8 Å². The van der Waals surface area contributed by atoms with Crippen LogP contribution in [0, 0.1) is 13.8 Å².